The Kier molecular flexibility index (Phi) is 5.45. The number of hydrogen-bond acceptors (Lipinski definition) is 2. The van der Waals surface area contributed by atoms with Crippen molar-refractivity contribution in [3.63, 3.8) is 0 Å². The fourth-order valence-electron chi connectivity index (χ4n) is 2.30. The molecule has 0 bridgehead atoms. The summed E-state index contributed by atoms with van der Waals surface area (Å²) >= 11 is 6.06. The van der Waals surface area contributed by atoms with Crippen LogP contribution < -0.4 is 10.1 Å². The molecule has 0 aliphatic carbocycles. The topological polar surface area (TPSA) is 38.3 Å². The molecule has 0 spiro atoms. The van der Waals surface area contributed by atoms with Crippen LogP contribution >= 0.6 is 11.6 Å². The molecular weight excluding hydrogens is 298 g/mol. The van der Waals surface area contributed by atoms with Crippen molar-refractivity contribution < 1.29 is 9.53 Å². The summed E-state index contributed by atoms with van der Waals surface area (Å²) in [6.45, 7) is 5.99. The van der Waals surface area contributed by atoms with Crippen LogP contribution in [0.5, 0.6) is 5.75 Å². The molecule has 0 atom stereocenters. The first kappa shape index (κ1) is 16.4. The number of benzene rings is 2. The standard InChI is InChI=1S/C18H20ClNO2/c1-4-14-10-16(5-6-17(14)19)22-11-18(21)20-15-8-12(2)7-13(3)9-15/h5-10H,4,11H2,1-3H3,(H,20,21). The number of halogens is 1. The van der Waals surface area contributed by atoms with Crippen LogP contribution in [0, 0.1) is 13.8 Å². The van der Waals surface area contributed by atoms with E-state index in [-0.39, 0.29) is 12.5 Å². The van der Waals surface area contributed by atoms with E-state index in [4.69, 9.17) is 16.3 Å². The highest BCUT2D eigenvalue weighted by Gasteiger charge is 2.06. The van der Waals surface area contributed by atoms with Crippen molar-refractivity contribution in [1.29, 1.82) is 0 Å². The Morgan fingerprint density at radius 1 is 1.14 bits per heavy atom. The molecule has 3 nitrogen and oxygen atoms in total. The third-order valence-electron chi connectivity index (χ3n) is 3.27. The number of carbonyl (C=O) groups is 1. The summed E-state index contributed by atoms with van der Waals surface area (Å²) in [6.07, 6.45) is 0.824. The number of nitrogens with one attached hydrogen (secondary N) is 1. The smallest absolute Gasteiger partial charge is 0.262 e. The SMILES string of the molecule is CCc1cc(OCC(=O)Nc2cc(C)cc(C)c2)ccc1Cl. The van der Waals surface area contributed by atoms with Crippen molar-refractivity contribution in [2.75, 3.05) is 11.9 Å². The van der Waals surface area contributed by atoms with Crippen molar-refractivity contribution in [3.8, 4) is 5.75 Å². The van der Waals surface area contributed by atoms with Crippen molar-refractivity contribution in [3.05, 3.63) is 58.1 Å². The highest BCUT2D eigenvalue weighted by molar-refractivity contribution is 6.31. The lowest BCUT2D eigenvalue weighted by Gasteiger charge is -2.10. The van der Waals surface area contributed by atoms with Gasteiger partial charge in [0.15, 0.2) is 6.61 Å². The van der Waals surface area contributed by atoms with Crippen LogP contribution in [0.3, 0.4) is 0 Å². The molecule has 0 aliphatic rings. The van der Waals surface area contributed by atoms with Gasteiger partial charge in [-0.2, -0.15) is 0 Å². The van der Waals surface area contributed by atoms with E-state index in [0.29, 0.717) is 5.75 Å². The van der Waals surface area contributed by atoms with Gasteiger partial charge < -0.3 is 10.1 Å². The Morgan fingerprint density at radius 2 is 1.82 bits per heavy atom. The first-order valence-corrected chi connectivity index (χ1v) is 7.65. The molecular formula is C18H20ClNO2. The van der Waals surface area contributed by atoms with E-state index in [0.717, 1.165) is 33.8 Å². The largest absolute Gasteiger partial charge is 0.484 e. The van der Waals surface area contributed by atoms with Gasteiger partial charge in [0.2, 0.25) is 0 Å². The van der Waals surface area contributed by atoms with Gasteiger partial charge in [-0.15, -0.1) is 0 Å². The maximum atomic E-state index is 12.0. The number of ether oxygens (including phenoxy) is 1. The molecule has 0 aliphatic heterocycles. The molecule has 22 heavy (non-hydrogen) atoms. The molecule has 2 aromatic rings. The lowest BCUT2D eigenvalue weighted by molar-refractivity contribution is -0.118. The minimum Gasteiger partial charge on any atom is -0.484 e. The third kappa shape index (κ3) is 4.50. The van der Waals surface area contributed by atoms with Crippen molar-refractivity contribution in [2.45, 2.75) is 27.2 Å². The van der Waals surface area contributed by atoms with E-state index in [1.165, 1.54) is 0 Å². The van der Waals surface area contributed by atoms with Crippen LogP contribution in [-0.4, -0.2) is 12.5 Å². The molecule has 0 saturated heterocycles. The van der Waals surface area contributed by atoms with Crippen LogP contribution in [-0.2, 0) is 11.2 Å². The summed E-state index contributed by atoms with van der Waals surface area (Å²) in [5.74, 6) is 0.467. The Hall–Kier alpha value is -2.00. The monoisotopic (exact) mass is 317 g/mol. The molecule has 0 aromatic heterocycles. The van der Waals surface area contributed by atoms with E-state index in [1.54, 1.807) is 12.1 Å². The molecule has 4 heteroatoms. The lowest BCUT2D eigenvalue weighted by atomic mass is 10.1. The fourth-order valence-corrected chi connectivity index (χ4v) is 2.56. The number of anilines is 1. The Labute approximate surface area is 136 Å². The predicted octanol–water partition coefficient (Wildman–Crippen LogP) is 4.54. The zero-order valence-electron chi connectivity index (χ0n) is 13.1. The molecule has 2 rings (SSSR count). The average Bonchev–Trinajstić information content (AvgIpc) is 2.45. The number of rotatable bonds is 5. The van der Waals surface area contributed by atoms with Crippen LogP contribution in [0.15, 0.2) is 36.4 Å². The summed E-state index contributed by atoms with van der Waals surface area (Å²) in [6, 6.07) is 11.4. The Bertz CT molecular complexity index is 663. The van der Waals surface area contributed by atoms with Crippen LogP contribution in [0.25, 0.3) is 0 Å². The van der Waals surface area contributed by atoms with Gasteiger partial charge in [0, 0.05) is 10.7 Å². The summed E-state index contributed by atoms with van der Waals surface area (Å²) < 4.78 is 5.53. The number of aryl methyl sites for hydroxylation is 3. The molecule has 2 aromatic carbocycles. The average molecular weight is 318 g/mol. The van der Waals surface area contributed by atoms with Gasteiger partial charge in [0.25, 0.3) is 5.91 Å². The number of hydrogen-bond donors (Lipinski definition) is 1. The number of carbonyl (C=O) groups excluding carboxylic acids is 1. The van der Waals surface area contributed by atoms with Gasteiger partial charge in [0.05, 0.1) is 0 Å². The zero-order valence-corrected chi connectivity index (χ0v) is 13.8. The van der Waals surface area contributed by atoms with Crippen molar-refractivity contribution >= 4 is 23.2 Å². The predicted molar refractivity (Wildman–Crippen MR) is 90.9 cm³/mol. The number of amides is 1. The van der Waals surface area contributed by atoms with Gasteiger partial charge in [-0.05, 0) is 67.3 Å². The van der Waals surface area contributed by atoms with E-state index >= 15 is 0 Å². The first-order valence-electron chi connectivity index (χ1n) is 7.27. The van der Waals surface area contributed by atoms with Crippen molar-refractivity contribution in [2.24, 2.45) is 0 Å². The van der Waals surface area contributed by atoms with Gasteiger partial charge in [0.1, 0.15) is 5.75 Å². The fraction of sp³-hybridized carbons (Fsp3) is 0.278. The van der Waals surface area contributed by atoms with Gasteiger partial charge in [-0.25, -0.2) is 0 Å². The van der Waals surface area contributed by atoms with Crippen LogP contribution in [0.2, 0.25) is 5.02 Å². The summed E-state index contributed by atoms with van der Waals surface area (Å²) in [5.41, 5.74) is 4.02. The van der Waals surface area contributed by atoms with Crippen LogP contribution in [0.4, 0.5) is 5.69 Å². The molecule has 0 saturated carbocycles. The Balaban J connectivity index is 1.95. The first-order chi connectivity index (χ1) is 10.5. The summed E-state index contributed by atoms with van der Waals surface area (Å²) in [7, 11) is 0. The second kappa shape index (κ2) is 7.32. The van der Waals surface area contributed by atoms with Gasteiger partial charge in [-0.3, -0.25) is 4.79 Å². The van der Waals surface area contributed by atoms with E-state index in [9.17, 15) is 4.79 Å². The highest BCUT2D eigenvalue weighted by atomic mass is 35.5. The zero-order chi connectivity index (χ0) is 16.1. The quantitative estimate of drug-likeness (QED) is 0.879. The summed E-state index contributed by atoms with van der Waals surface area (Å²) in [4.78, 5) is 12.0. The molecule has 0 heterocycles. The third-order valence-corrected chi connectivity index (χ3v) is 3.64. The Morgan fingerprint density at radius 3 is 2.45 bits per heavy atom. The maximum Gasteiger partial charge on any atom is 0.262 e. The minimum atomic E-state index is -0.182. The van der Waals surface area contributed by atoms with Gasteiger partial charge >= 0.3 is 0 Å². The molecule has 0 fully saturated rings. The summed E-state index contributed by atoms with van der Waals surface area (Å²) in [5, 5.41) is 3.56. The molecule has 116 valence electrons. The molecule has 1 amide bonds. The van der Waals surface area contributed by atoms with E-state index < -0.39 is 0 Å². The second-order valence-electron chi connectivity index (χ2n) is 5.32. The van der Waals surface area contributed by atoms with Crippen LogP contribution in [0.1, 0.15) is 23.6 Å². The molecule has 0 radical (unpaired) electrons. The maximum absolute atomic E-state index is 12.0. The normalized spacial score (nSPS) is 10.4. The second-order valence-corrected chi connectivity index (χ2v) is 5.73. The molecule has 0 unspecified atom stereocenters. The van der Waals surface area contributed by atoms with Crippen molar-refractivity contribution in [1.82, 2.24) is 0 Å². The van der Waals surface area contributed by atoms with Gasteiger partial charge in [-0.1, -0.05) is 24.6 Å². The molecule has 1 N–H and O–H groups in total. The van der Waals surface area contributed by atoms with E-state index in [2.05, 4.69) is 11.4 Å². The highest BCUT2D eigenvalue weighted by Crippen LogP contribution is 2.22. The minimum absolute atomic E-state index is 0.0300. The van der Waals surface area contributed by atoms with E-state index in [1.807, 2.05) is 39.0 Å². The lowest BCUT2D eigenvalue weighted by Crippen LogP contribution is -2.20.